The van der Waals surface area contributed by atoms with Gasteiger partial charge in [-0.2, -0.15) is 0 Å². The van der Waals surface area contributed by atoms with Crippen molar-refractivity contribution in [1.82, 2.24) is 10.6 Å². The van der Waals surface area contributed by atoms with Crippen molar-refractivity contribution in [1.29, 1.82) is 0 Å². The van der Waals surface area contributed by atoms with Crippen LogP contribution in [-0.2, 0) is 9.59 Å². The zero-order valence-corrected chi connectivity index (χ0v) is 11.6. The van der Waals surface area contributed by atoms with Gasteiger partial charge in [0.15, 0.2) is 0 Å². The number of aryl methyl sites for hydroxylation is 1. The van der Waals surface area contributed by atoms with Crippen LogP contribution in [0.2, 0.25) is 0 Å². The van der Waals surface area contributed by atoms with Gasteiger partial charge < -0.3 is 10.6 Å². The summed E-state index contributed by atoms with van der Waals surface area (Å²) in [5.41, 5.74) is 2.09. The quantitative estimate of drug-likeness (QED) is 0.791. The summed E-state index contributed by atoms with van der Waals surface area (Å²) in [5, 5.41) is 5.27. The summed E-state index contributed by atoms with van der Waals surface area (Å²) >= 11 is 0. The third-order valence-corrected chi connectivity index (χ3v) is 2.71. The molecule has 1 aromatic rings. The molecule has 0 unspecified atom stereocenters. The van der Waals surface area contributed by atoms with Crippen molar-refractivity contribution in [2.24, 2.45) is 0 Å². The molecule has 4 nitrogen and oxygen atoms in total. The van der Waals surface area contributed by atoms with Crippen LogP contribution in [0.15, 0.2) is 30.3 Å². The van der Waals surface area contributed by atoms with Crippen molar-refractivity contribution in [2.45, 2.75) is 26.8 Å². The summed E-state index contributed by atoms with van der Waals surface area (Å²) in [4.78, 5) is 23.1. The predicted molar refractivity (Wildman–Crippen MR) is 76.5 cm³/mol. The molecule has 0 spiro atoms. The highest BCUT2D eigenvalue weighted by molar-refractivity contribution is 5.95. The SMILES string of the molecule is CCNC(=O)[C@@H](C)NC(=O)/C=C/c1ccccc1C. The molecule has 0 fully saturated rings. The molecule has 0 aliphatic carbocycles. The van der Waals surface area contributed by atoms with Gasteiger partial charge in [0.2, 0.25) is 11.8 Å². The molecule has 1 atom stereocenters. The van der Waals surface area contributed by atoms with E-state index in [1.165, 1.54) is 6.08 Å². The number of hydrogen-bond donors (Lipinski definition) is 2. The molecule has 0 saturated carbocycles. The fourth-order valence-electron chi connectivity index (χ4n) is 1.59. The van der Waals surface area contributed by atoms with Gasteiger partial charge in [0.05, 0.1) is 0 Å². The number of amides is 2. The van der Waals surface area contributed by atoms with Gasteiger partial charge in [-0.3, -0.25) is 9.59 Å². The molecule has 0 aliphatic rings. The average Bonchev–Trinajstić information content (AvgIpc) is 2.38. The van der Waals surface area contributed by atoms with Crippen LogP contribution >= 0.6 is 0 Å². The van der Waals surface area contributed by atoms with Crippen molar-refractivity contribution < 1.29 is 9.59 Å². The number of benzene rings is 1. The lowest BCUT2D eigenvalue weighted by molar-refractivity contribution is -0.126. The van der Waals surface area contributed by atoms with Crippen LogP contribution in [-0.4, -0.2) is 24.4 Å². The Labute approximate surface area is 113 Å². The first-order valence-electron chi connectivity index (χ1n) is 6.36. The van der Waals surface area contributed by atoms with Crippen LogP contribution < -0.4 is 10.6 Å². The zero-order valence-electron chi connectivity index (χ0n) is 11.6. The maximum Gasteiger partial charge on any atom is 0.244 e. The van der Waals surface area contributed by atoms with Crippen LogP contribution in [0, 0.1) is 6.92 Å². The van der Waals surface area contributed by atoms with Crippen LogP contribution in [0.5, 0.6) is 0 Å². The van der Waals surface area contributed by atoms with Crippen molar-refractivity contribution in [3.05, 3.63) is 41.5 Å². The molecule has 0 bridgehead atoms. The van der Waals surface area contributed by atoms with Crippen LogP contribution in [0.4, 0.5) is 0 Å². The van der Waals surface area contributed by atoms with Gasteiger partial charge >= 0.3 is 0 Å². The van der Waals surface area contributed by atoms with Crippen molar-refractivity contribution in [3.8, 4) is 0 Å². The molecule has 1 rings (SSSR count). The lowest BCUT2D eigenvalue weighted by Gasteiger charge is -2.11. The zero-order chi connectivity index (χ0) is 14.3. The summed E-state index contributed by atoms with van der Waals surface area (Å²) in [5.74, 6) is -0.456. The topological polar surface area (TPSA) is 58.2 Å². The van der Waals surface area contributed by atoms with Gasteiger partial charge in [0.1, 0.15) is 6.04 Å². The molecule has 0 aliphatic heterocycles. The molecule has 0 saturated heterocycles. The van der Waals surface area contributed by atoms with Gasteiger partial charge in [0, 0.05) is 12.6 Å². The number of likely N-dealkylation sites (N-methyl/N-ethyl adjacent to an activating group) is 1. The first-order valence-corrected chi connectivity index (χ1v) is 6.36. The van der Waals surface area contributed by atoms with Gasteiger partial charge in [-0.05, 0) is 38.0 Å². The highest BCUT2D eigenvalue weighted by atomic mass is 16.2. The van der Waals surface area contributed by atoms with Crippen molar-refractivity contribution >= 4 is 17.9 Å². The summed E-state index contributed by atoms with van der Waals surface area (Å²) in [6.07, 6.45) is 3.19. The van der Waals surface area contributed by atoms with E-state index in [1.807, 2.05) is 38.1 Å². The highest BCUT2D eigenvalue weighted by Crippen LogP contribution is 2.08. The molecule has 2 amide bonds. The molecule has 0 aromatic heterocycles. The second kappa shape index (κ2) is 7.36. The third kappa shape index (κ3) is 4.95. The summed E-state index contributed by atoms with van der Waals surface area (Å²) in [7, 11) is 0. The molecule has 2 N–H and O–H groups in total. The summed E-state index contributed by atoms with van der Waals surface area (Å²) in [6, 6.07) is 7.25. The summed E-state index contributed by atoms with van der Waals surface area (Å²) in [6.45, 7) is 6.03. The summed E-state index contributed by atoms with van der Waals surface area (Å²) < 4.78 is 0. The van der Waals surface area contributed by atoms with Gasteiger partial charge in [0.25, 0.3) is 0 Å². The van der Waals surface area contributed by atoms with Crippen molar-refractivity contribution in [3.63, 3.8) is 0 Å². The smallest absolute Gasteiger partial charge is 0.244 e. The normalized spacial score (nSPS) is 12.2. The van der Waals surface area contributed by atoms with E-state index >= 15 is 0 Å². The third-order valence-electron chi connectivity index (χ3n) is 2.71. The molecule has 1 aromatic carbocycles. The van der Waals surface area contributed by atoms with E-state index in [0.717, 1.165) is 11.1 Å². The monoisotopic (exact) mass is 260 g/mol. The fraction of sp³-hybridized carbons (Fsp3) is 0.333. The molecule has 0 radical (unpaired) electrons. The minimum atomic E-state index is -0.533. The van der Waals surface area contributed by atoms with E-state index in [4.69, 9.17) is 0 Å². The van der Waals surface area contributed by atoms with E-state index in [0.29, 0.717) is 6.54 Å². The average molecular weight is 260 g/mol. The molecular formula is C15H20N2O2. The lowest BCUT2D eigenvalue weighted by atomic mass is 10.1. The Hall–Kier alpha value is -2.10. The fourth-order valence-corrected chi connectivity index (χ4v) is 1.59. The Morgan fingerprint density at radius 2 is 2.00 bits per heavy atom. The lowest BCUT2D eigenvalue weighted by Crippen LogP contribution is -2.44. The van der Waals surface area contributed by atoms with Crippen LogP contribution in [0.3, 0.4) is 0 Å². The number of carbonyl (C=O) groups excluding carboxylic acids is 2. The number of carbonyl (C=O) groups is 2. The highest BCUT2D eigenvalue weighted by Gasteiger charge is 2.12. The van der Waals surface area contributed by atoms with E-state index < -0.39 is 6.04 Å². The largest absolute Gasteiger partial charge is 0.355 e. The minimum Gasteiger partial charge on any atom is -0.355 e. The Bertz CT molecular complexity index is 481. The van der Waals surface area contributed by atoms with Crippen LogP contribution in [0.25, 0.3) is 6.08 Å². The second-order valence-electron chi connectivity index (χ2n) is 4.31. The Morgan fingerprint density at radius 3 is 2.63 bits per heavy atom. The molecular weight excluding hydrogens is 240 g/mol. The van der Waals surface area contributed by atoms with E-state index in [-0.39, 0.29) is 11.8 Å². The standard InChI is InChI=1S/C15H20N2O2/c1-4-16-15(19)12(3)17-14(18)10-9-13-8-6-5-7-11(13)2/h5-10,12H,4H2,1-3H3,(H,16,19)(H,17,18)/b10-9+/t12-/m1/s1. The number of rotatable bonds is 5. The number of hydrogen-bond acceptors (Lipinski definition) is 2. The Kier molecular flexibility index (Phi) is 5.79. The van der Waals surface area contributed by atoms with Crippen LogP contribution in [0.1, 0.15) is 25.0 Å². The van der Waals surface area contributed by atoms with Gasteiger partial charge in [-0.1, -0.05) is 24.3 Å². The maximum absolute atomic E-state index is 11.7. The van der Waals surface area contributed by atoms with Crippen molar-refractivity contribution in [2.75, 3.05) is 6.54 Å². The molecule has 0 heterocycles. The molecule has 19 heavy (non-hydrogen) atoms. The maximum atomic E-state index is 11.7. The molecule has 4 heteroatoms. The van der Waals surface area contributed by atoms with Gasteiger partial charge in [-0.15, -0.1) is 0 Å². The molecule has 102 valence electrons. The van der Waals surface area contributed by atoms with Gasteiger partial charge in [-0.25, -0.2) is 0 Å². The second-order valence-corrected chi connectivity index (χ2v) is 4.31. The Morgan fingerprint density at radius 1 is 1.32 bits per heavy atom. The minimum absolute atomic E-state index is 0.180. The first-order chi connectivity index (χ1) is 9.04. The first kappa shape index (κ1) is 15.0. The van der Waals surface area contributed by atoms with E-state index in [1.54, 1.807) is 13.0 Å². The number of nitrogens with one attached hydrogen (secondary N) is 2. The van der Waals surface area contributed by atoms with E-state index in [9.17, 15) is 9.59 Å². The Balaban J connectivity index is 2.56. The predicted octanol–water partition coefficient (Wildman–Crippen LogP) is 1.65. The van der Waals surface area contributed by atoms with E-state index in [2.05, 4.69) is 10.6 Å².